The minimum absolute atomic E-state index is 0.595. The molecule has 2 aromatic rings. The van der Waals surface area contributed by atoms with Gasteiger partial charge in [0.15, 0.2) is 0 Å². The number of halogens is 1. The van der Waals surface area contributed by atoms with Crippen molar-refractivity contribution in [3.63, 3.8) is 0 Å². The van der Waals surface area contributed by atoms with Crippen LogP contribution in [-0.4, -0.2) is 17.2 Å². The molecule has 1 aliphatic heterocycles. The molecule has 2 nitrogen and oxygen atoms in total. The van der Waals surface area contributed by atoms with Gasteiger partial charge in [0.25, 0.3) is 0 Å². The third-order valence-corrected chi connectivity index (χ3v) is 4.41. The first-order chi connectivity index (χ1) is 8.75. The summed E-state index contributed by atoms with van der Waals surface area (Å²) in [5.74, 6) is 0. The molecule has 3 heteroatoms. The number of aryl methyl sites for hydroxylation is 1. The Morgan fingerprint density at radius 3 is 3.00 bits per heavy atom. The van der Waals surface area contributed by atoms with Crippen LogP contribution in [0.1, 0.15) is 24.8 Å². The Hall–Kier alpha value is -0.990. The van der Waals surface area contributed by atoms with Crippen LogP contribution in [0.25, 0.3) is 10.9 Å². The predicted octanol–water partition coefficient (Wildman–Crippen LogP) is 3.52. The van der Waals surface area contributed by atoms with E-state index >= 15 is 0 Å². The summed E-state index contributed by atoms with van der Waals surface area (Å²) in [6.45, 7) is 1.15. The van der Waals surface area contributed by atoms with Crippen LogP contribution in [0.2, 0.25) is 5.02 Å². The van der Waals surface area contributed by atoms with Gasteiger partial charge in [-0.2, -0.15) is 0 Å². The van der Waals surface area contributed by atoms with Gasteiger partial charge in [-0.05, 0) is 43.5 Å². The second-order valence-corrected chi connectivity index (χ2v) is 5.63. The largest absolute Gasteiger partial charge is 0.351 e. The summed E-state index contributed by atoms with van der Waals surface area (Å²) in [6.07, 6.45) is 7.02. The van der Waals surface area contributed by atoms with Crippen LogP contribution in [-0.2, 0) is 13.5 Å². The molecule has 1 fully saturated rings. The molecular formula is C15H19ClN2. The van der Waals surface area contributed by atoms with E-state index in [0.717, 1.165) is 18.0 Å². The zero-order valence-corrected chi connectivity index (χ0v) is 11.5. The van der Waals surface area contributed by atoms with E-state index in [4.69, 9.17) is 11.6 Å². The van der Waals surface area contributed by atoms with Crippen molar-refractivity contribution in [2.45, 2.75) is 31.7 Å². The van der Waals surface area contributed by atoms with Crippen molar-refractivity contribution in [3.8, 4) is 0 Å². The number of rotatable bonds is 2. The van der Waals surface area contributed by atoms with Crippen molar-refractivity contribution in [2.75, 3.05) is 6.54 Å². The smallest absolute Gasteiger partial charge is 0.0532 e. The highest BCUT2D eigenvalue weighted by Crippen LogP contribution is 2.29. The zero-order valence-electron chi connectivity index (χ0n) is 10.7. The fraction of sp³-hybridized carbons (Fsp3) is 0.467. The van der Waals surface area contributed by atoms with Gasteiger partial charge in [-0.25, -0.2) is 0 Å². The van der Waals surface area contributed by atoms with Crippen molar-refractivity contribution in [3.05, 3.63) is 35.0 Å². The van der Waals surface area contributed by atoms with Crippen LogP contribution < -0.4 is 5.32 Å². The molecule has 1 atom stereocenters. The molecule has 0 bridgehead atoms. The van der Waals surface area contributed by atoms with Gasteiger partial charge >= 0.3 is 0 Å². The first kappa shape index (κ1) is 12.1. The number of benzene rings is 1. The minimum atomic E-state index is 0.595. The van der Waals surface area contributed by atoms with Gasteiger partial charge in [0.1, 0.15) is 0 Å². The number of nitrogens with zero attached hydrogens (tertiary/aromatic N) is 1. The van der Waals surface area contributed by atoms with Crippen LogP contribution in [0.5, 0.6) is 0 Å². The lowest BCUT2D eigenvalue weighted by atomic mass is 9.97. The van der Waals surface area contributed by atoms with E-state index in [-0.39, 0.29) is 0 Å². The van der Waals surface area contributed by atoms with Crippen molar-refractivity contribution in [1.29, 1.82) is 0 Å². The Morgan fingerprint density at radius 2 is 2.22 bits per heavy atom. The van der Waals surface area contributed by atoms with Crippen molar-refractivity contribution in [1.82, 2.24) is 9.88 Å². The summed E-state index contributed by atoms with van der Waals surface area (Å²) in [6, 6.07) is 7.06. The van der Waals surface area contributed by atoms with E-state index in [1.807, 2.05) is 0 Å². The lowest BCUT2D eigenvalue weighted by molar-refractivity contribution is 0.399. The third kappa shape index (κ3) is 2.15. The Bertz CT molecular complexity index is 553. The third-order valence-electron chi connectivity index (χ3n) is 3.96. The van der Waals surface area contributed by atoms with Gasteiger partial charge in [0.05, 0.1) is 5.02 Å². The summed E-state index contributed by atoms with van der Waals surface area (Å²) in [5.41, 5.74) is 2.48. The molecule has 1 saturated heterocycles. The first-order valence-corrected chi connectivity index (χ1v) is 7.09. The van der Waals surface area contributed by atoms with Crippen LogP contribution in [0.15, 0.2) is 24.4 Å². The molecular weight excluding hydrogens is 244 g/mol. The van der Waals surface area contributed by atoms with Crippen LogP contribution in [0.4, 0.5) is 0 Å². The second kappa shape index (κ2) is 4.94. The lowest BCUT2D eigenvalue weighted by Crippen LogP contribution is -2.35. The molecule has 3 rings (SSSR count). The monoisotopic (exact) mass is 262 g/mol. The number of hydrogen-bond donors (Lipinski definition) is 1. The maximum atomic E-state index is 6.53. The van der Waals surface area contributed by atoms with Crippen LogP contribution in [0, 0.1) is 0 Å². The molecule has 18 heavy (non-hydrogen) atoms. The second-order valence-electron chi connectivity index (χ2n) is 5.25. The van der Waals surface area contributed by atoms with Crippen molar-refractivity contribution < 1.29 is 0 Å². The highest BCUT2D eigenvalue weighted by atomic mass is 35.5. The lowest BCUT2D eigenvalue weighted by Gasteiger charge is -2.24. The van der Waals surface area contributed by atoms with Gasteiger partial charge in [0, 0.05) is 30.2 Å². The fourth-order valence-corrected chi connectivity index (χ4v) is 3.18. The normalized spacial score (nSPS) is 20.4. The molecule has 96 valence electrons. The van der Waals surface area contributed by atoms with Crippen molar-refractivity contribution in [2.24, 2.45) is 7.05 Å². The molecule has 1 aromatic carbocycles. The topological polar surface area (TPSA) is 17.0 Å². The average Bonchev–Trinajstić information content (AvgIpc) is 2.77. The van der Waals surface area contributed by atoms with Gasteiger partial charge in [0.2, 0.25) is 0 Å². The number of aromatic nitrogens is 1. The maximum absolute atomic E-state index is 6.53. The molecule has 2 heterocycles. The molecule has 1 unspecified atom stereocenters. The molecule has 1 aliphatic rings. The van der Waals surface area contributed by atoms with Gasteiger partial charge in [-0.3, -0.25) is 0 Å². The first-order valence-electron chi connectivity index (χ1n) is 6.71. The van der Waals surface area contributed by atoms with Gasteiger partial charge in [-0.15, -0.1) is 0 Å². The summed E-state index contributed by atoms with van der Waals surface area (Å²) in [5, 5.41) is 5.69. The molecule has 0 radical (unpaired) electrons. The molecule has 0 aliphatic carbocycles. The average molecular weight is 263 g/mol. The molecule has 0 saturated carbocycles. The number of fused-ring (bicyclic) bond motifs is 1. The highest BCUT2D eigenvalue weighted by molar-refractivity contribution is 6.36. The molecule has 0 amide bonds. The van der Waals surface area contributed by atoms with Gasteiger partial charge in [-0.1, -0.05) is 24.1 Å². The number of nitrogens with one attached hydrogen (secondary N) is 1. The Kier molecular flexibility index (Phi) is 3.31. The quantitative estimate of drug-likeness (QED) is 0.876. The van der Waals surface area contributed by atoms with E-state index in [2.05, 4.69) is 41.3 Å². The van der Waals surface area contributed by atoms with Crippen LogP contribution in [0.3, 0.4) is 0 Å². The number of piperidine rings is 1. The standard InChI is InChI=1S/C15H19ClN2/c1-18-9-7-13-14(18)6-5-11(15(13)16)10-12-4-2-3-8-17-12/h5-7,9,12,17H,2-4,8,10H2,1H3. The van der Waals surface area contributed by atoms with E-state index in [0.29, 0.717) is 6.04 Å². The Labute approximate surface area is 113 Å². The molecule has 1 N–H and O–H groups in total. The minimum Gasteiger partial charge on any atom is -0.351 e. The maximum Gasteiger partial charge on any atom is 0.0532 e. The summed E-state index contributed by atoms with van der Waals surface area (Å²) >= 11 is 6.53. The molecule has 0 spiro atoms. The Morgan fingerprint density at radius 1 is 1.33 bits per heavy atom. The highest BCUT2D eigenvalue weighted by Gasteiger charge is 2.16. The van der Waals surface area contributed by atoms with Crippen LogP contribution >= 0.6 is 11.6 Å². The van der Waals surface area contributed by atoms with Crippen molar-refractivity contribution >= 4 is 22.5 Å². The SMILES string of the molecule is Cn1ccc2c(Cl)c(CC3CCCCN3)ccc21. The summed E-state index contributed by atoms with van der Waals surface area (Å²) in [7, 11) is 2.06. The predicted molar refractivity (Wildman–Crippen MR) is 77.3 cm³/mol. The molecule has 1 aromatic heterocycles. The fourth-order valence-electron chi connectivity index (χ4n) is 2.88. The van der Waals surface area contributed by atoms with E-state index in [1.165, 1.54) is 35.7 Å². The number of hydrogen-bond acceptors (Lipinski definition) is 1. The van der Waals surface area contributed by atoms with Gasteiger partial charge < -0.3 is 9.88 Å². The Balaban J connectivity index is 1.89. The summed E-state index contributed by atoms with van der Waals surface area (Å²) < 4.78 is 2.11. The summed E-state index contributed by atoms with van der Waals surface area (Å²) in [4.78, 5) is 0. The van der Waals surface area contributed by atoms with E-state index < -0.39 is 0 Å². The van der Waals surface area contributed by atoms with E-state index in [9.17, 15) is 0 Å². The zero-order chi connectivity index (χ0) is 12.5. The van der Waals surface area contributed by atoms with E-state index in [1.54, 1.807) is 0 Å².